The lowest BCUT2D eigenvalue weighted by molar-refractivity contribution is -0.130. The predicted molar refractivity (Wildman–Crippen MR) is 108 cm³/mol. The molecule has 0 aromatic rings. The van der Waals surface area contributed by atoms with Gasteiger partial charge in [-0.1, -0.05) is 6.08 Å². The van der Waals surface area contributed by atoms with Gasteiger partial charge in [-0.15, -0.1) is 6.58 Å². The van der Waals surface area contributed by atoms with Gasteiger partial charge in [-0.25, -0.2) is 13.2 Å². The van der Waals surface area contributed by atoms with Crippen LogP contribution in [0.15, 0.2) is 12.7 Å². The second-order valence-electron chi connectivity index (χ2n) is 9.47. The molecule has 2 amide bonds. The summed E-state index contributed by atoms with van der Waals surface area (Å²) in [4.78, 5) is 39.5. The van der Waals surface area contributed by atoms with Crippen molar-refractivity contribution < 1.29 is 32.6 Å². The standard InChI is InChI=1S/C20H30N2O7S/c1-5-12-9-20(12,16(24)11-30(27,28)14-6-7-14)21-17(25)15-8-13(23)10-22(15)18(26)29-19(2,3)4/h5,12-15,23H,1,6-11H2,2-4H3,(H,21,25)/t12?,13-,15+,20?/m1/s1. The van der Waals surface area contributed by atoms with Gasteiger partial charge in [0.25, 0.3) is 0 Å². The maximum absolute atomic E-state index is 13.0. The number of nitrogens with one attached hydrogen (secondary N) is 1. The van der Waals surface area contributed by atoms with Crippen molar-refractivity contribution in [3.8, 4) is 0 Å². The van der Waals surface area contributed by atoms with E-state index >= 15 is 0 Å². The summed E-state index contributed by atoms with van der Waals surface area (Å²) in [5.41, 5.74) is -2.10. The Bertz CT molecular complexity index is 859. The zero-order valence-electron chi connectivity index (χ0n) is 17.6. The number of hydrogen-bond acceptors (Lipinski definition) is 7. The van der Waals surface area contributed by atoms with Crippen molar-refractivity contribution in [2.45, 2.75) is 75.0 Å². The highest BCUT2D eigenvalue weighted by Gasteiger charge is 2.61. The van der Waals surface area contributed by atoms with Crippen molar-refractivity contribution >= 4 is 27.6 Å². The lowest BCUT2D eigenvalue weighted by atomic mass is 10.1. The van der Waals surface area contributed by atoms with E-state index in [1.54, 1.807) is 20.8 Å². The molecule has 3 rings (SSSR count). The van der Waals surface area contributed by atoms with Crippen LogP contribution in [0.25, 0.3) is 0 Å². The second-order valence-corrected chi connectivity index (χ2v) is 11.8. The quantitative estimate of drug-likeness (QED) is 0.551. The summed E-state index contributed by atoms with van der Waals surface area (Å²) in [5, 5.41) is 12.2. The Morgan fingerprint density at radius 1 is 1.30 bits per heavy atom. The fourth-order valence-corrected chi connectivity index (χ4v) is 5.56. The van der Waals surface area contributed by atoms with E-state index in [4.69, 9.17) is 4.74 Å². The first-order chi connectivity index (χ1) is 13.8. The summed E-state index contributed by atoms with van der Waals surface area (Å²) in [5.74, 6) is -2.16. The van der Waals surface area contributed by atoms with Crippen LogP contribution in [-0.4, -0.2) is 77.0 Å². The van der Waals surface area contributed by atoms with Crippen LogP contribution in [0.1, 0.15) is 46.5 Å². The topological polar surface area (TPSA) is 130 Å². The van der Waals surface area contributed by atoms with Gasteiger partial charge in [-0.3, -0.25) is 14.5 Å². The monoisotopic (exact) mass is 442 g/mol. The number of β-amino-alcohol motifs (C(OH)–C–C–N with tert-alkyl or cyclic N) is 1. The largest absolute Gasteiger partial charge is 0.444 e. The molecule has 10 heteroatoms. The highest BCUT2D eigenvalue weighted by molar-refractivity contribution is 7.93. The summed E-state index contributed by atoms with van der Waals surface area (Å²) in [6.07, 6.45) is 1.29. The van der Waals surface area contributed by atoms with Crippen LogP contribution in [0.4, 0.5) is 4.79 Å². The van der Waals surface area contributed by atoms with E-state index in [-0.39, 0.29) is 25.3 Å². The van der Waals surface area contributed by atoms with E-state index in [0.29, 0.717) is 12.8 Å². The third kappa shape index (κ3) is 4.69. The van der Waals surface area contributed by atoms with Crippen LogP contribution in [0.5, 0.6) is 0 Å². The number of hydrogen-bond donors (Lipinski definition) is 2. The molecule has 3 aliphatic rings. The van der Waals surface area contributed by atoms with E-state index in [2.05, 4.69) is 11.9 Å². The molecule has 2 aliphatic carbocycles. The molecule has 0 aromatic heterocycles. The third-order valence-electron chi connectivity index (χ3n) is 5.72. The normalized spacial score (nSPS) is 31.2. The summed E-state index contributed by atoms with van der Waals surface area (Å²) in [7, 11) is -3.53. The Labute approximate surface area is 176 Å². The number of ketones is 1. The van der Waals surface area contributed by atoms with Crippen LogP contribution < -0.4 is 5.32 Å². The van der Waals surface area contributed by atoms with Crippen molar-refractivity contribution in [1.29, 1.82) is 0 Å². The number of carbonyl (C=O) groups excluding carboxylic acids is 3. The molecule has 9 nitrogen and oxygen atoms in total. The lowest BCUT2D eigenvalue weighted by Gasteiger charge is -2.29. The Morgan fingerprint density at radius 2 is 1.93 bits per heavy atom. The van der Waals surface area contributed by atoms with E-state index in [9.17, 15) is 27.9 Å². The van der Waals surface area contributed by atoms with Crippen molar-refractivity contribution in [3.63, 3.8) is 0 Å². The maximum atomic E-state index is 13.0. The molecule has 30 heavy (non-hydrogen) atoms. The van der Waals surface area contributed by atoms with Crippen molar-refractivity contribution in [2.75, 3.05) is 12.3 Å². The number of ether oxygens (including phenoxy) is 1. The number of Topliss-reactive ketones (excluding diaryl/α,β-unsaturated/α-hetero) is 1. The van der Waals surface area contributed by atoms with Gasteiger partial charge in [0.15, 0.2) is 15.6 Å². The molecular weight excluding hydrogens is 412 g/mol. The molecule has 2 unspecified atom stereocenters. The number of aliphatic hydroxyl groups excluding tert-OH is 1. The molecule has 3 fully saturated rings. The van der Waals surface area contributed by atoms with Crippen LogP contribution >= 0.6 is 0 Å². The molecule has 2 saturated carbocycles. The summed E-state index contributed by atoms with van der Waals surface area (Å²) < 4.78 is 29.9. The van der Waals surface area contributed by atoms with E-state index in [1.165, 1.54) is 6.08 Å². The van der Waals surface area contributed by atoms with Gasteiger partial charge >= 0.3 is 6.09 Å². The van der Waals surface area contributed by atoms with Crippen LogP contribution in [0, 0.1) is 5.92 Å². The number of amides is 2. The zero-order valence-corrected chi connectivity index (χ0v) is 18.4. The van der Waals surface area contributed by atoms with Gasteiger partial charge in [0.05, 0.1) is 17.9 Å². The summed E-state index contributed by atoms with van der Waals surface area (Å²) in [6.45, 7) is 8.69. The highest BCUT2D eigenvalue weighted by Crippen LogP contribution is 2.46. The molecule has 1 heterocycles. The highest BCUT2D eigenvalue weighted by atomic mass is 32.2. The number of aliphatic hydroxyl groups is 1. The van der Waals surface area contributed by atoms with Crippen molar-refractivity contribution in [1.82, 2.24) is 10.2 Å². The first-order valence-electron chi connectivity index (χ1n) is 10.2. The van der Waals surface area contributed by atoms with Gasteiger partial charge in [0, 0.05) is 12.3 Å². The Morgan fingerprint density at radius 3 is 2.43 bits per heavy atom. The van der Waals surface area contributed by atoms with Gasteiger partial charge in [0.2, 0.25) is 5.91 Å². The van der Waals surface area contributed by atoms with E-state index in [1.807, 2.05) is 0 Å². The minimum Gasteiger partial charge on any atom is -0.444 e. The van der Waals surface area contributed by atoms with Gasteiger partial charge in [-0.05, 0) is 40.0 Å². The van der Waals surface area contributed by atoms with Crippen molar-refractivity contribution in [3.05, 3.63) is 12.7 Å². The van der Waals surface area contributed by atoms with Crippen LogP contribution in [0.2, 0.25) is 0 Å². The number of rotatable bonds is 7. The predicted octanol–water partition coefficient (Wildman–Crippen LogP) is 0.564. The maximum Gasteiger partial charge on any atom is 0.411 e. The number of carbonyl (C=O) groups is 3. The summed E-state index contributed by atoms with van der Waals surface area (Å²) in [6, 6.07) is -1.01. The molecule has 0 bridgehead atoms. The van der Waals surface area contributed by atoms with E-state index in [0.717, 1.165) is 4.90 Å². The smallest absolute Gasteiger partial charge is 0.411 e. The van der Waals surface area contributed by atoms with Crippen LogP contribution in [0.3, 0.4) is 0 Å². The van der Waals surface area contributed by atoms with Crippen LogP contribution in [-0.2, 0) is 24.2 Å². The zero-order chi connectivity index (χ0) is 22.5. The molecule has 0 aromatic carbocycles. The average molecular weight is 443 g/mol. The molecule has 0 radical (unpaired) electrons. The first-order valence-corrected chi connectivity index (χ1v) is 11.9. The molecule has 1 saturated heterocycles. The molecule has 4 atom stereocenters. The summed E-state index contributed by atoms with van der Waals surface area (Å²) >= 11 is 0. The van der Waals surface area contributed by atoms with Gasteiger partial charge < -0.3 is 15.2 Å². The van der Waals surface area contributed by atoms with Crippen molar-refractivity contribution in [2.24, 2.45) is 5.92 Å². The number of likely N-dealkylation sites (tertiary alicyclic amines) is 1. The molecule has 1 aliphatic heterocycles. The molecule has 2 N–H and O–H groups in total. The Kier molecular flexibility index (Phi) is 5.79. The molecule has 0 spiro atoms. The fraction of sp³-hybridized carbons (Fsp3) is 0.750. The molecular formula is C20H30N2O7S. The van der Waals surface area contributed by atoms with E-state index < -0.39 is 61.9 Å². The number of sulfone groups is 1. The first kappa shape index (κ1) is 22.7. The second kappa shape index (κ2) is 7.64. The Balaban J connectivity index is 1.73. The van der Waals surface area contributed by atoms with Gasteiger partial charge in [0.1, 0.15) is 22.9 Å². The number of nitrogens with zero attached hydrogens (tertiary/aromatic N) is 1. The minimum absolute atomic E-state index is 0.00841. The lowest BCUT2D eigenvalue weighted by Crippen LogP contribution is -2.54. The molecule has 168 valence electrons. The average Bonchev–Trinajstić information content (AvgIpc) is 3.50. The minimum atomic E-state index is -3.53. The SMILES string of the molecule is C=CC1CC1(NC(=O)[C@@H]1C[C@@H](O)CN1C(=O)OC(C)(C)C)C(=O)CS(=O)(=O)C1CC1. The Hall–Kier alpha value is -1.94. The fourth-order valence-electron chi connectivity index (χ4n) is 3.85. The third-order valence-corrected chi connectivity index (χ3v) is 7.87. The van der Waals surface area contributed by atoms with Gasteiger partial charge in [-0.2, -0.15) is 0 Å².